The van der Waals surface area contributed by atoms with Gasteiger partial charge in [-0.05, 0) is 36.6 Å². The molecule has 82 valence electrons. The van der Waals surface area contributed by atoms with E-state index in [0.717, 1.165) is 24.4 Å². The van der Waals surface area contributed by atoms with E-state index in [1.54, 1.807) is 6.26 Å². The molecule has 2 aromatic heterocycles. The van der Waals surface area contributed by atoms with Gasteiger partial charge in [0, 0.05) is 12.7 Å². The maximum absolute atomic E-state index is 5.55. The van der Waals surface area contributed by atoms with Crippen LogP contribution in [0.3, 0.4) is 0 Å². The second kappa shape index (κ2) is 3.76. The topological polar surface area (TPSA) is 38.1 Å². The quantitative estimate of drug-likeness (QED) is 0.791. The third kappa shape index (κ3) is 1.53. The van der Waals surface area contributed by atoms with Crippen molar-refractivity contribution >= 4 is 0 Å². The lowest BCUT2D eigenvalue weighted by molar-refractivity contribution is 0.420. The minimum atomic E-state index is 0.111. The van der Waals surface area contributed by atoms with E-state index in [1.807, 2.05) is 13.1 Å². The molecule has 0 spiro atoms. The van der Waals surface area contributed by atoms with Gasteiger partial charge in [-0.1, -0.05) is 6.07 Å². The summed E-state index contributed by atoms with van der Waals surface area (Å²) in [6, 6.07) is 6.31. The summed E-state index contributed by atoms with van der Waals surface area (Å²) in [7, 11) is 0. The molecule has 1 aliphatic heterocycles. The van der Waals surface area contributed by atoms with Crippen molar-refractivity contribution in [3.05, 3.63) is 53.2 Å². The fourth-order valence-electron chi connectivity index (χ4n) is 2.14. The number of nitrogens with zero attached hydrogens (tertiary/aromatic N) is 1. The molecule has 0 saturated heterocycles. The van der Waals surface area contributed by atoms with Crippen LogP contribution in [0.4, 0.5) is 0 Å². The van der Waals surface area contributed by atoms with Crippen molar-refractivity contribution in [1.29, 1.82) is 0 Å². The largest absolute Gasteiger partial charge is 0.467 e. The Bertz CT molecular complexity index is 487. The molecule has 0 radical (unpaired) electrons. The van der Waals surface area contributed by atoms with Crippen LogP contribution in [0.2, 0.25) is 0 Å². The Balaban J connectivity index is 2.00. The molecule has 3 heterocycles. The van der Waals surface area contributed by atoms with Crippen molar-refractivity contribution < 1.29 is 4.42 Å². The average Bonchev–Trinajstić information content (AvgIpc) is 2.78. The summed E-state index contributed by atoms with van der Waals surface area (Å²) in [5, 5.41) is 3.44. The molecule has 1 aliphatic rings. The monoisotopic (exact) mass is 214 g/mol. The number of furan rings is 1. The second-order valence-electron chi connectivity index (χ2n) is 4.21. The predicted molar refractivity (Wildman–Crippen MR) is 61.2 cm³/mol. The van der Waals surface area contributed by atoms with Gasteiger partial charge in [0.1, 0.15) is 11.8 Å². The van der Waals surface area contributed by atoms with E-state index in [0.29, 0.717) is 0 Å². The molecule has 3 heteroatoms. The van der Waals surface area contributed by atoms with Crippen LogP contribution in [-0.2, 0) is 6.42 Å². The van der Waals surface area contributed by atoms with E-state index >= 15 is 0 Å². The molecule has 1 atom stereocenters. The summed E-state index contributed by atoms with van der Waals surface area (Å²) < 4.78 is 5.55. The summed E-state index contributed by atoms with van der Waals surface area (Å²) in [4.78, 5) is 4.46. The molecule has 2 aromatic rings. The van der Waals surface area contributed by atoms with Gasteiger partial charge >= 0.3 is 0 Å². The van der Waals surface area contributed by atoms with Crippen LogP contribution < -0.4 is 5.32 Å². The Hall–Kier alpha value is -1.61. The van der Waals surface area contributed by atoms with Gasteiger partial charge in [-0.15, -0.1) is 0 Å². The lowest BCUT2D eigenvalue weighted by Gasteiger charge is -2.22. The number of aryl methyl sites for hydroxylation is 1. The van der Waals surface area contributed by atoms with Gasteiger partial charge in [-0.25, -0.2) is 0 Å². The van der Waals surface area contributed by atoms with Crippen LogP contribution in [0.1, 0.15) is 28.6 Å². The summed E-state index contributed by atoms with van der Waals surface area (Å²) in [6.07, 6.45) is 4.70. The fraction of sp³-hybridized carbons (Fsp3) is 0.308. The van der Waals surface area contributed by atoms with Crippen molar-refractivity contribution in [2.75, 3.05) is 6.54 Å². The Kier molecular flexibility index (Phi) is 2.26. The van der Waals surface area contributed by atoms with Crippen LogP contribution in [0, 0.1) is 6.92 Å². The standard InChI is InChI=1S/C13H14N2O/c1-9-2-3-11(15-8-9)12-13-10(4-6-14-12)5-7-16-13/h2-3,5,7-8,12,14H,4,6H2,1H3. The minimum absolute atomic E-state index is 0.111. The van der Waals surface area contributed by atoms with Gasteiger partial charge in [0.15, 0.2) is 0 Å². The molecule has 16 heavy (non-hydrogen) atoms. The Morgan fingerprint density at radius 2 is 2.31 bits per heavy atom. The van der Waals surface area contributed by atoms with Crippen molar-refractivity contribution in [1.82, 2.24) is 10.3 Å². The molecule has 0 amide bonds. The maximum Gasteiger partial charge on any atom is 0.130 e. The Morgan fingerprint density at radius 3 is 3.12 bits per heavy atom. The van der Waals surface area contributed by atoms with E-state index in [4.69, 9.17) is 4.42 Å². The van der Waals surface area contributed by atoms with Gasteiger partial charge in [0.05, 0.1) is 12.0 Å². The molecule has 0 aliphatic carbocycles. The van der Waals surface area contributed by atoms with Crippen LogP contribution >= 0.6 is 0 Å². The second-order valence-corrected chi connectivity index (χ2v) is 4.21. The number of hydrogen-bond acceptors (Lipinski definition) is 3. The first-order chi connectivity index (χ1) is 7.84. The van der Waals surface area contributed by atoms with E-state index in [1.165, 1.54) is 11.1 Å². The van der Waals surface area contributed by atoms with Crippen LogP contribution in [-0.4, -0.2) is 11.5 Å². The highest BCUT2D eigenvalue weighted by Crippen LogP contribution is 2.28. The number of aromatic nitrogens is 1. The SMILES string of the molecule is Cc1ccc(C2NCCc3ccoc32)nc1. The lowest BCUT2D eigenvalue weighted by atomic mass is 10.00. The van der Waals surface area contributed by atoms with E-state index < -0.39 is 0 Å². The normalized spacial score (nSPS) is 19.4. The molecule has 3 rings (SSSR count). The summed E-state index contributed by atoms with van der Waals surface area (Å²) in [6.45, 7) is 3.02. The molecule has 0 fully saturated rings. The van der Waals surface area contributed by atoms with Gasteiger partial charge in [-0.3, -0.25) is 4.98 Å². The van der Waals surface area contributed by atoms with E-state index in [9.17, 15) is 0 Å². The zero-order chi connectivity index (χ0) is 11.0. The number of nitrogens with one attached hydrogen (secondary N) is 1. The highest BCUT2D eigenvalue weighted by atomic mass is 16.3. The first-order valence-corrected chi connectivity index (χ1v) is 5.57. The van der Waals surface area contributed by atoms with Gasteiger partial charge in [0.2, 0.25) is 0 Å². The van der Waals surface area contributed by atoms with Crippen LogP contribution in [0.15, 0.2) is 35.1 Å². The minimum Gasteiger partial charge on any atom is -0.467 e. The third-order valence-electron chi connectivity index (χ3n) is 3.02. The summed E-state index contributed by atoms with van der Waals surface area (Å²) >= 11 is 0. The van der Waals surface area contributed by atoms with Crippen molar-refractivity contribution in [3.8, 4) is 0 Å². The highest BCUT2D eigenvalue weighted by molar-refractivity contribution is 5.30. The molecular weight excluding hydrogens is 200 g/mol. The van der Waals surface area contributed by atoms with Gasteiger partial charge in [0.25, 0.3) is 0 Å². The fourth-order valence-corrected chi connectivity index (χ4v) is 2.14. The lowest BCUT2D eigenvalue weighted by Crippen LogP contribution is -2.30. The molecule has 0 aromatic carbocycles. The van der Waals surface area contributed by atoms with E-state index in [2.05, 4.69) is 28.5 Å². The molecule has 1 unspecified atom stereocenters. The van der Waals surface area contributed by atoms with Crippen molar-refractivity contribution in [2.24, 2.45) is 0 Å². The maximum atomic E-state index is 5.55. The first-order valence-electron chi connectivity index (χ1n) is 5.57. The molecular formula is C13H14N2O. The smallest absolute Gasteiger partial charge is 0.130 e. The van der Waals surface area contributed by atoms with Crippen molar-refractivity contribution in [2.45, 2.75) is 19.4 Å². The predicted octanol–water partition coefficient (Wildman–Crippen LogP) is 2.22. The number of fused-ring (bicyclic) bond motifs is 1. The number of hydrogen-bond donors (Lipinski definition) is 1. The van der Waals surface area contributed by atoms with Crippen LogP contribution in [0.25, 0.3) is 0 Å². The average molecular weight is 214 g/mol. The number of rotatable bonds is 1. The molecule has 0 saturated carbocycles. The number of pyridine rings is 1. The first kappa shape index (κ1) is 9.60. The molecule has 1 N–H and O–H groups in total. The summed E-state index contributed by atoms with van der Waals surface area (Å²) in [5.74, 6) is 1.02. The Morgan fingerprint density at radius 1 is 1.38 bits per heavy atom. The van der Waals surface area contributed by atoms with Crippen molar-refractivity contribution in [3.63, 3.8) is 0 Å². The Labute approximate surface area is 94.5 Å². The molecule has 0 bridgehead atoms. The van der Waals surface area contributed by atoms with E-state index in [-0.39, 0.29) is 6.04 Å². The molecule has 3 nitrogen and oxygen atoms in total. The van der Waals surface area contributed by atoms with Gasteiger partial charge in [-0.2, -0.15) is 0 Å². The third-order valence-corrected chi connectivity index (χ3v) is 3.02. The van der Waals surface area contributed by atoms with Crippen LogP contribution in [0.5, 0.6) is 0 Å². The zero-order valence-corrected chi connectivity index (χ0v) is 9.23. The summed E-state index contributed by atoms with van der Waals surface area (Å²) in [5.41, 5.74) is 3.51. The van der Waals surface area contributed by atoms with Gasteiger partial charge < -0.3 is 9.73 Å². The zero-order valence-electron chi connectivity index (χ0n) is 9.23. The highest BCUT2D eigenvalue weighted by Gasteiger charge is 2.24.